The van der Waals surface area contributed by atoms with Gasteiger partial charge < -0.3 is 4.90 Å². The summed E-state index contributed by atoms with van der Waals surface area (Å²) in [6.07, 6.45) is -4.61. The highest BCUT2D eigenvalue weighted by molar-refractivity contribution is 7.89. The molecule has 0 saturated carbocycles. The zero-order chi connectivity index (χ0) is 16.6. The van der Waals surface area contributed by atoms with Crippen molar-refractivity contribution in [2.24, 2.45) is 5.14 Å². The van der Waals surface area contributed by atoms with Gasteiger partial charge in [0.2, 0.25) is 10.0 Å². The van der Waals surface area contributed by atoms with E-state index in [9.17, 15) is 26.4 Å². The highest BCUT2D eigenvalue weighted by atomic mass is 32.2. The number of carbonyl (C=O) groups excluding carboxylic acids is 1. The van der Waals surface area contributed by atoms with Crippen LogP contribution >= 0.6 is 0 Å². The topological polar surface area (TPSA) is 109 Å². The molecule has 0 saturated heterocycles. The molecule has 0 unspecified atom stereocenters. The van der Waals surface area contributed by atoms with Gasteiger partial charge in [-0.3, -0.25) is 9.89 Å². The van der Waals surface area contributed by atoms with Crippen molar-refractivity contribution in [2.45, 2.75) is 30.8 Å². The van der Waals surface area contributed by atoms with Crippen molar-refractivity contribution in [3.05, 3.63) is 11.4 Å². The zero-order valence-corrected chi connectivity index (χ0v) is 12.3. The summed E-state index contributed by atoms with van der Waals surface area (Å²) < 4.78 is 60.0. The van der Waals surface area contributed by atoms with E-state index in [4.69, 9.17) is 5.14 Å². The first kappa shape index (κ1) is 17.4. The van der Waals surface area contributed by atoms with E-state index in [-0.39, 0.29) is 11.6 Å². The lowest BCUT2D eigenvalue weighted by Gasteiger charge is -2.18. The fourth-order valence-corrected chi connectivity index (χ4v) is 2.68. The molecule has 0 fully saturated rings. The average molecular weight is 328 g/mol. The second-order valence-electron chi connectivity index (χ2n) is 4.79. The molecule has 11 heteroatoms. The van der Waals surface area contributed by atoms with E-state index in [1.54, 1.807) is 13.8 Å². The van der Waals surface area contributed by atoms with Gasteiger partial charge >= 0.3 is 6.18 Å². The van der Waals surface area contributed by atoms with Crippen LogP contribution in [0.5, 0.6) is 0 Å². The number of carbonyl (C=O) groups is 1. The number of halogens is 3. The number of aromatic nitrogens is 2. The molecular formula is C10H15F3N4O3S. The molecule has 0 bridgehead atoms. The number of hydrogen-bond acceptors (Lipinski definition) is 4. The molecule has 0 atom stereocenters. The van der Waals surface area contributed by atoms with Crippen molar-refractivity contribution in [2.75, 3.05) is 13.6 Å². The summed E-state index contributed by atoms with van der Waals surface area (Å²) >= 11 is 0. The Balaban J connectivity index is 3.29. The minimum absolute atomic E-state index is 0.0706. The SMILES string of the molecule is CC(C)c1[nH]nc(C(=O)N(C)CC(F)(F)F)c1S(N)(=O)=O. The number of rotatable bonds is 4. The van der Waals surface area contributed by atoms with E-state index >= 15 is 0 Å². The molecule has 7 nitrogen and oxygen atoms in total. The van der Waals surface area contributed by atoms with Gasteiger partial charge in [0.25, 0.3) is 5.91 Å². The molecule has 1 rings (SSSR count). The molecule has 1 heterocycles. The Morgan fingerprint density at radius 3 is 2.33 bits per heavy atom. The monoisotopic (exact) mass is 328 g/mol. The van der Waals surface area contributed by atoms with E-state index < -0.39 is 39.2 Å². The highest BCUT2D eigenvalue weighted by Gasteiger charge is 2.35. The van der Waals surface area contributed by atoms with Gasteiger partial charge in [0.05, 0.1) is 5.69 Å². The van der Waals surface area contributed by atoms with Crippen molar-refractivity contribution >= 4 is 15.9 Å². The Morgan fingerprint density at radius 2 is 1.95 bits per heavy atom. The summed E-state index contributed by atoms with van der Waals surface area (Å²) in [5.41, 5.74) is -0.575. The number of primary sulfonamides is 1. The van der Waals surface area contributed by atoms with Crippen LogP contribution < -0.4 is 5.14 Å². The summed E-state index contributed by atoms with van der Waals surface area (Å²) in [7, 11) is -3.42. The predicted octanol–water partition coefficient (Wildman–Crippen LogP) is 0.815. The van der Waals surface area contributed by atoms with Crippen LogP contribution in [-0.4, -0.2) is 49.2 Å². The largest absolute Gasteiger partial charge is 0.406 e. The number of aromatic amines is 1. The first-order valence-electron chi connectivity index (χ1n) is 5.78. The van der Waals surface area contributed by atoms with Gasteiger partial charge in [-0.25, -0.2) is 13.6 Å². The molecule has 1 aromatic heterocycles. The molecule has 0 aliphatic heterocycles. The van der Waals surface area contributed by atoms with Gasteiger partial charge in [0.15, 0.2) is 5.69 Å². The van der Waals surface area contributed by atoms with Gasteiger partial charge in [-0.05, 0) is 5.92 Å². The number of nitrogens with one attached hydrogen (secondary N) is 1. The number of hydrogen-bond donors (Lipinski definition) is 2. The van der Waals surface area contributed by atoms with E-state index in [1.807, 2.05) is 0 Å². The van der Waals surface area contributed by atoms with Crippen LogP contribution in [0.4, 0.5) is 13.2 Å². The Morgan fingerprint density at radius 1 is 1.43 bits per heavy atom. The third-order valence-electron chi connectivity index (χ3n) is 2.58. The molecule has 0 spiro atoms. The summed E-state index contributed by atoms with van der Waals surface area (Å²) in [6, 6.07) is 0. The standard InChI is InChI=1S/C10H15F3N4O3S/c1-5(2)6-8(21(14,19)20)7(16-15-6)9(18)17(3)4-10(11,12)13/h5H,4H2,1-3H3,(H,15,16)(H2,14,19,20). The maximum atomic E-state index is 12.3. The van der Waals surface area contributed by atoms with Crippen LogP contribution in [0.3, 0.4) is 0 Å². The molecule has 1 amide bonds. The minimum atomic E-state index is -4.61. The fraction of sp³-hybridized carbons (Fsp3) is 0.600. The van der Waals surface area contributed by atoms with Gasteiger partial charge in [-0.1, -0.05) is 13.8 Å². The predicted molar refractivity (Wildman–Crippen MR) is 67.1 cm³/mol. The molecule has 0 radical (unpaired) electrons. The molecule has 3 N–H and O–H groups in total. The van der Waals surface area contributed by atoms with Crippen molar-refractivity contribution in [3.8, 4) is 0 Å². The smallest absolute Gasteiger partial charge is 0.331 e. The van der Waals surface area contributed by atoms with Crippen LogP contribution in [0.1, 0.15) is 35.9 Å². The van der Waals surface area contributed by atoms with E-state index in [2.05, 4.69) is 10.2 Å². The third kappa shape index (κ3) is 4.17. The fourth-order valence-electron chi connectivity index (χ4n) is 1.69. The lowest BCUT2D eigenvalue weighted by molar-refractivity contribution is -0.138. The Hall–Kier alpha value is -1.62. The third-order valence-corrected chi connectivity index (χ3v) is 3.56. The summed E-state index contributed by atoms with van der Waals surface area (Å²) in [5.74, 6) is -1.54. The first-order chi connectivity index (χ1) is 9.34. The molecule has 120 valence electrons. The number of sulfonamides is 1. The first-order valence-corrected chi connectivity index (χ1v) is 7.32. The van der Waals surface area contributed by atoms with E-state index in [0.717, 1.165) is 7.05 Å². The average Bonchev–Trinajstić information content (AvgIpc) is 2.69. The summed E-state index contributed by atoms with van der Waals surface area (Å²) in [6.45, 7) is 1.71. The van der Waals surface area contributed by atoms with E-state index in [0.29, 0.717) is 4.90 Å². The highest BCUT2D eigenvalue weighted by Crippen LogP contribution is 2.25. The molecule has 0 aliphatic carbocycles. The minimum Gasteiger partial charge on any atom is -0.331 e. The van der Waals surface area contributed by atoms with Crippen molar-refractivity contribution in [1.29, 1.82) is 0 Å². The molecule has 21 heavy (non-hydrogen) atoms. The zero-order valence-electron chi connectivity index (χ0n) is 11.5. The number of H-pyrrole nitrogens is 1. The maximum absolute atomic E-state index is 12.3. The van der Waals surface area contributed by atoms with Gasteiger partial charge in [0.1, 0.15) is 11.4 Å². The number of alkyl halides is 3. The lowest BCUT2D eigenvalue weighted by atomic mass is 10.1. The summed E-state index contributed by atoms with van der Waals surface area (Å²) in [4.78, 5) is 11.7. The van der Waals surface area contributed by atoms with Gasteiger partial charge in [-0.2, -0.15) is 18.3 Å². The molecule has 1 aromatic rings. The normalized spacial score (nSPS) is 12.8. The van der Waals surface area contributed by atoms with Crippen molar-refractivity contribution in [3.63, 3.8) is 0 Å². The number of amides is 1. The van der Waals surface area contributed by atoms with Crippen molar-refractivity contribution < 1.29 is 26.4 Å². The quantitative estimate of drug-likeness (QED) is 0.852. The van der Waals surface area contributed by atoms with Crippen LogP contribution in [0.2, 0.25) is 0 Å². The van der Waals surface area contributed by atoms with Crippen LogP contribution in [-0.2, 0) is 10.0 Å². The maximum Gasteiger partial charge on any atom is 0.406 e. The Kier molecular flexibility index (Phi) is 4.68. The second kappa shape index (κ2) is 5.64. The van der Waals surface area contributed by atoms with Crippen LogP contribution in [0.15, 0.2) is 4.90 Å². The van der Waals surface area contributed by atoms with Gasteiger partial charge in [0, 0.05) is 7.05 Å². The second-order valence-corrected chi connectivity index (χ2v) is 6.29. The Bertz CT molecular complexity index is 636. The van der Waals surface area contributed by atoms with Gasteiger partial charge in [-0.15, -0.1) is 0 Å². The van der Waals surface area contributed by atoms with Crippen LogP contribution in [0, 0.1) is 0 Å². The summed E-state index contributed by atoms with van der Waals surface area (Å²) in [5, 5.41) is 10.9. The van der Waals surface area contributed by atoms with Crippen LogP contribution in [0.25, 0.3) is 0 Å². The molecule has 0 aromatic carbocycles. The number of nitrogens with zero attached hydrogens (tertiary/aromatic N) is 2. The van der Waals surface area contributed by atoms with Crippen molar-refractivity contribution in [1.82, 2.24) is 15.1 Å². The number of nitrogens with two attached hydrogens (primary N) is 1. The molecule has 0 aliphatic rings. The molecular weight excluding hydrogens is 313 g/mol. The lowest BCUT2D eigenvalue weighted by Crippen LogP contribution is -2.36. The Labute approximate surface area is 119 Å². The van der Waals surface area contributed by atoms with E-state index in [1.165, 1.54) is 0 Å².